The average molecular weight is 322 g/mol. The molecule has 2 aromatic carbocycles. The highest BCUT2D eigenvalue weighted by Crippen LogP contribution is 2.30. The Hall–Kier alpha value is -0.830. The van der Waals surface area contributed by atoms with Gasteiger partial charge in [-0.2, -0.15) is 0 Å². The summed E-state index contributed by atoms with van der Waals surface area (Å²) in [6, 6.07) is 13.0. The molecule has 0 unspecified atom stereocenters. The van der Waals surface area contributed by atoms with Crippen LogP contribution in [-0.4, -0.2) is 0 Å². The third-order valence-corrected chi connectivity index (χ3v) is 3.41. The van der Waals surface area contributed by atoms with E-state index in [2.05, 4.69) is 72.5 Å². The Morgan fingerprint density at radius 3 is 2.50 bits per heavy atom. The minimum absolute atomic E-state index is 1.11. The second-order valence-corrected chi connectivity index (χ2v) is 5.27. The Morgan fingerprint density at radius 2 is 1.81 bits per heavy atom. The Morgan fingerprint density at radius 1 is 1.12 bits per heavy atom. The highest BCUT2D eigenvalue weighted by molar-refractivity contribution is 14.1. The van der Waals surface area contributed by atoms with Gasteiger partial charge in [0.15, 0.2) is 0 Å². The van der Waals surface area contributed by atoms with Crippen molar-refractivity contribution in [3.63, 3.8) is 0 Å². The quantitative estimate of drug-likeness (QED) is 0.682. The van der Waals surface area contributed by atoms with Crippen molar-refractivity contribution in [2.24, 2.45) is 0 Å². The number of benzene rings is 2. The number of aryl methyl sites for hydroxylation is 1. The summed E-state index contributed by atoms with van der Waals surface area (Å²) in [5.74, 6) is 0. The monoisotopic (exact) mass is 322 g/mol. The molecule has 0 fully saturated rings. The number of hydrogen-bond acceptors (Lipinski definition) is 0. The Balaban J connectivity index is 2.71. The standard InChI is InChI=1S/C15H15I/c1-3-6-12-7-4-10-15-13(11(2)16)8-5-9-14(12)15/h4-5,7-10H,2-3,6H2,1H3. The second kappa shape index (κ2) is 5.00. The zero-order valence-corrected chi connectivity index (χ0v) is 11.6. The van der Waals surface area contributed by atoms with E-state index in [1.165, 1.54) is 28.3 Å². The molecule has 0 amide bonds. The molecular formula is C15H15I. The third kappa shape index (κ3) is 2.14. The van der Waals surface area contributed by atoms with Gasteiger partial charge >= 0.3 is 0 Å². The van der Waals surface area contributed by atoms with Gasteiger partial charge in [-0.15, -0.1) is 0 Å². The van der Waals surface area contributed by atoms with Gasteiger partial charge in [0.1, 0.15) is 0 Å². The van der Waals surface area contributed by atoms with Gasteiger partial charge in [-0.25, -0.2) is 0 Å². The number of hydrogen-bond donors (Lipinski definition) is 0. The first kappa shape index (κ1) is 11.6. The van der Waals surface area contributed by atoms with Gasteiger partial charge in [-0.3, -0.25) is 0 Å². The topological polar surface area (TPSA) is 0 Å². The van der Waals surface area contributed by atoms with E-state index in [0.29, 0.717) is 0 Å². The lowest BCUT2D eigenvalue weighted by molar-refractivity contribution is 0.929. The van der Waals surface area contributed by atoms with E-state index >= 15 is 0 Å². The minimum Gasteiger partial charge on any atom is -0.0850 e. The van der Waals surface area contributed by atoms with Crippen LogP contribution in [0.25, 0.3) is 14.4 Å². The summed E-state index contributed by atoms with van der Waals surface area (Å²) in [7, 11) is 0. The zero-order chi connectivity index (χ0) is 11.5. The van der Waals surface area contributed by atoms with Crippen molar-refractivity contribution >= 4 is 36.9 Å². The zero-order valence-electron chi connectivity index (χ0n) is 9.46. The molecule has 0 atom stereocenters. The highest BCUT2D eigenvalue weighted by Gasteiger charge is 2.04. The maximum atomic E-state index is 4.04. The lowest BCUT2D eigenvalue weighted by Gasteiger charge is -2.09. The van der Waals surface area contributed by atoms with Gasteiger partial charge in [0.05, 0.1) is 0 Å². The maximum absolute atomic E-state index is 4.04. The van der Waals surface area contributed by atoms with Crippen molar-refractivity contribution in [1.29, 1.82) is 0 Å². The highest BCUT2D eigenvalue weighted by atomic mass is 127. The van der Waals surface area contributed by atoms with Crippen LogP contribution < -0.4 is 0 Å². The van der Waals surface area contributed by atoms with Crippen LogP contribution in [0, 0.1) is 0 Å². The molecule has 2 rings (SSSR count). The van der Waals surface area contributed by atoms with Gasteiger partial charge in [0, 0.05) is 3.58 Å². The van der Waals surface area contributed by atoms with Gasteiger partial charge in [-0.1, -0.05) is 56.3 Å². The summed E-state index contributed by atoms with van der Waals surface area (Å²) in [5.41, 5.74) is 2.70. The lowest BCUT2D eigenvalue weighted by Crippen LogP contribution is -1.88. The van der Waals surface area contributed by atoms with Gasteiger partial charge in [0.25, 0.3) is 0 Å². The van der Waals surface area contributed by atoms with E-state index in [4.69, 9.17) is 0 Å². The molecule has 0 heterocycles. The fraction of sp³-hybridized carbons (Fsp3) is 0.200. The molecule has 0 aliphatic heterocycles. The fourth-order valence-electron chi connectivity index (χ4n) is 2.10. The predicted octanol–water partition coefficient (Wildman–Crippen LogP) is 5.20. The second-order valence-electron chi connectivity index (χ2n) is 3.97. The predicted molar refractivity (Wildman–Crippen MR) is 81.0 cm³/mol. The first-order valence-corrected chi connectivity index (χ1v) is 6.67. The van der Waals surface area contributed by atoms with Crippen molar-refractivity contribution in [3.8, 4) is 0 Å². The van der Waals surface area contributed by atoms with E-state index in [-0.39, 0.29) is 0 Å². The largest absolute Gasteiger partial charge is 0.0850 e. The van der Waals surface area contributed by atoms with E-state index in [1.807, 2.05) is 0 Å². The van der Waals surface area contributed by atoms with Crippen molar-refractivity contribution < 1.29 is 0 Å². The maximum Gasteiger partial charge on any atom is 0.0137 e. The Kier molecular flexibility index (Phi) is 3.64. The average Bonchev–Trinajstić information content (AvgIpc) is 2.29. The molecule has 1 heteroatoms. The molecule has 82 valence electrons. The van der Waals surface area contributed by atoms with E-state index in [1.54, 1.807) is 0 Å². The molecule has 0 aliphatic rings. The summed E-state index contributed by atoms with van der Waals surface area (Å²) >= 11 is 2.30. The Bertz CT molecular complexity index is 526. The molecule has 0 spiro atoms. The summed E-state index contributed by atoms with van der Waals surface area (Å²) in [6.07, 6.45) is 2.34. The van der Waals surface area contributed by atoms with Crippen LogP contribution in [-0.2, 0) is 6.42 Å². The third-order valence-electron chi connectivity index (χ3n) is 2.82. The van der Waals surface area contributed by atoms with Crippen LogP contribution in [0.15, 0.2) is 43.0 Å². The van der Waals surface area contributed by atoms with E-state index in [9.17, 15) is 0 Å². The smallest absolute Gasteiger partial charge is 0.0137 e. The van der Waals surface area contributed by atoms with Gasteiger partial charge in [-0.05, 0) is 50.9 Å². The molecule has 0 saturated heterocycles. The Labute approximate surface area is 111 Å². The van der Waals surface area contributed by atoms with Gasteiger partial charge < -0.3 is 0 Å². The van der Waals surface area contributed by atoms with Gasteiger partial charge in [0.2, 0.25) is 0 Å². The molecule has 2 aromatic rings. The molecule has 0 nitrogen and oxygen atoms in total. The summed E-state index contributed by atoms with van der Waals surface area (Å²) in [5, 5.41) is 2.70. The van der Waals surface area contributed by atoms with Crippen LogP contribution in [0.1, 0.15) is 24.5 Å². The first-order valence-electron chi connectivity index (χ1n) is 5.59. The van der Waals surface area contributed by atoms with E-state index in [0.717, 1.165) is 10.0 Å². The summed E-state index contributed by atoms with van der Waals surface area (Å²) in [6.45, 7) is 6.26. The van der Waals surface area contributed by atoms with Crippen LogP contribution in [0.5, 0.6) is 0 Å². The normalized spacial score (nSPS) is 10.6. The van der Waals surface area contributed by atoms with Crippen molar-refractivity contribution in [2.75, 3.05) is 0 Å². The number of fused-ring (bicyclic) bond motifs is 1. The summed E-state index contributed by atoms with van der Waals surface area (Å²) < 4.78 is 1.11. The van der Waals surface area contributed by atoms with Crippen molar-refractivity contribution in [3.05, 3.63) is 54.1 Å². The fourth-order valence-corrected chi connectivity index (χ4v) is 2.57. The van der Waals surface area contributed by atoms with Crippen LogP contribution >= 0.6 is 22.6 Å². The molecule has 0 aliphatic carbocycles. The molecule has 0 saturated carbocycles. The lowest BCUT2D eigenvalue weighted by atomic mass is 9.98. The molecule has 0 aromatic heterocycles. The van der Waals surface area contributed by atoms with Crippen LogP contribution in [0.4, 0.5) is 0 Å². The first-order chi connectivity index (χ1) is 7.74. The molecule has 0 radical (unpaired) electrons. The van der Waals surface area contributed by atoms with Crippen molar-refractivity contribution in [1.82, 2.24) is 0 Å². The minimum atomic E-state index is 1.11. The summed E-state index contributed by atoms with van der Waals surface area (Å²) in [4.78, 5) is 0. The molecule has 16 heavy (non-hydrogen) atoms. The molecule has 0 bridgehead atoms. The molecule has 0 N–H and O–H groups in total. The van der Waals surface area contributed by atoms with Crippen molar-refractivity contribution in [2.45, 2.75) is 19.8 Å². The van der Waals surface area contributed by atoms with E-state index < -0.39 is 0 Å². The molecular weight excluding hydrogens is 307 g/mol. The number of rotatable bonds is 3. The van der Waals surface area contributed by atoms with Crippen LogP contribution in [0.3, 0.4) is 0 Å². The van der Waals surface area contributed by atoms with Crippen LogP contribution in [0.2, 0.25) is 0 Å². The SMILES string of the molecule is C=C(I)c1cccc2c(CCC)cccc12. The number of halogens is 1.